The first-order valence-electron chi connectivity index (χ1n) is 7.12. The van der Waals surface area contributed by atoms with E-state index in [2.05, 4.69) is 10.3 Å². The lowest BCUT2D eigenvalue weighted by molar-refractivity contribution is -0.153. The van der Waals surface area contributed by atoms with Crippen LogP contribution in [0.4, 0.5) is 18.9 Å². The van der Waals surface area contributed by atoms with Crippen LogP contribution in [0.25, 0.3) is 9.88 Å². The maximum Gasteiger partial charge on any atom is 0.422 e. The largest absolute Gasteiger partial charge is 0.482 e. The Balaban J connectivity index is 1.77. The van der Waals surface area contributed by atoms with Crippen molar-refractivity contribution < 1.29 is 22.7 Å². The van der Waals surface area contributed by atoms with Gasteiger partial charge in [0.1, 0.15) is 15.6 Å². The fourth-order valence-corrected chi connectivity index (χ4v) is 3.75. The number of ether oxygens (including phenoxy) is 1. The van der Waals surface area contributed by atoms with E-state index in [0.717, 1.165) is 4.88 Å². The summed E-state index contributed by atoms with van der Waals surface area (Å²) in [6.07, 6.45) is -3.08. The van der Waals surface area contributed by atoms with E-state index in [4.69, 9.17) is 16.3 Å². The number of benzene rings is 1. The monoisotopic (exact) mass is 418 g/mol. The highest BCUT2D eigenvalue weighted by atomic mass is 35.5. The van der Waals surface area contributed by atoms with Crippen molar-refractivity contribution >= 4 is 45.9 Å². The average molecular weight is 419 g/mol. The van der Waals surface area contributed by atoms with Gasteiger partial charge in [-0.25, -0.2) is 4.98 Å². The van der Waals surface area contributed by atoms with Crippen LogP contribution in [-0.2, 0) is 0 Å². The molecule has 0 fully saturated rings. The molecule has 0 spiro atoms. The first kappa shape index (κ1) is 18.7. The summed E-state index contributed by atoms with van der Waals surface area (Å²) in [4.78, 5) is 17.8. The van der Waals surface area contributed by atoms with Crippen LogP contribution in [0, 0.1) is 0 Å². The van der Waals surface area contributed by atoms with Crippen LogP contribution in [0.2, 0.25) is 5.02 Å². The lowest BCUT2D eigenvalue weighted by Crippen LogP contribution is -2.20. The van der Waals surface area contributed by atoms with Crippen molar-refractivity contribution in [2.24, 2.45) is 0 Å². The second-order valence-electron chi connectivity index (χ2n) is 5.01. The van der Waals surface area contributed by atoms with Gasteiger partial charge in [-0.1, -0.05) is 17.7 Å². The molecule has 1 amide bonds. The van der Waals surface area contributed by atoms with Gasteiger partial charge < -0.3 is 10.1 Å². The van der Waals surface area contributed by atoms with Crippen molar-refractivity contribution in [3.63, 3.8) is 0 Å². The lowest BCUT2D eigenvalue weighted by Gasteiger charge is -2.13. The van der Waals surface area contributed by atoms with Crippen molar-refractivity contribution in [1.29, 1.82) is 0 Å². The molecule has 0 aliphatic carbocycles. The number of rotatable bonds is 5. The number of halogens is 4. The normalized spacial score (nSPS) is 11.4. The number of aromatic nitrogens is 1. The van der Waals surface area contributed by atoms with Gasteiger partial charge in [0, 0.05) is 5.02 Å². The third-order valence-electron chi connectivity index (χ3n) is 3.04. The molecule has 4 nitrogen and oxygen atoms in total. The van der Waals surface area contributed by atoms with E-state index in [1.165, 1.54) is 47.1 Å². The summed E-state index contributed by atoms with van der Waals surface area (Å²) in [5.41, 5.74) is 0.0535. The quantitative estimate of drug-likeness (QED) is 0.576. The van der Waals surface area contributed by atoms with Gasteiger partial charge in [-0.05, 0) is 29.6 Å². The summed E-state index contributed by atoms with van der Waals surface area (Å²) in [6, 6.07) is 7.73. The fourth-order valence-electron chi connectivity index (χ4n) is 1.96. The van der Waals surface area contributed by atoms with Crippen LogP contribution >= 0.6 is 34.3 Å². The Morgan fingerprint density at radius 2 is 2.12 bits per heavy atom. The van der Waals surface area contributed by atoms with Gasteiger partial charge in [0.2, 0.25) is 0 Å². The number of carbonyl (C=O) groups is 1. The number of hydrogen-bond donors (Lipinski definition) is 1. The van der Waals surface area contributed by atoms with Gasteiger partial charge in [0.05, 0.1) is 16.8 Å². The van der Waals surface area contributed by atoms with Crippen molar-refractivity contribution in [2.75, 3.05) is 11.9 Å². The van der Waals surface area contributed by atoms with Crippen molar-refractivity contribution in [3.05, 3.63) is 51.8 Å². The molecule has 0 radical (unpaired) electrons. The second kappa shape index (κ2) is 7.65. The molecule has 0 saturated heterocycles. The van der Waals surface area contributed by atoms with Gasteiger partial charge in [-0.3, -0.25) is 4.79 Å². The molecule has 26 heavy (non-hydrogen) atoms. The standard InChI is InChI=1S/C16H10ClF3N2O2S2/c17-9-3-4-11(24-8-16(18,19)20)10(6-9)22-14(23)13-7-21-15(26-13)12-2-1-5-25-12/h1-7H,8H2,(H,22,23). The summed E-state index contributed by atoms with van der Waals surface area (Å²) < 4.78 is 41.9. The first-order chi connectivity index (χ1) is 12.3. The SMILES string of the molecule is O=C(Nc1cc(Cl)ccc1OCC(F)(F)F)c1cnc(-c2cccs2)s1. The Kier molecular flexibility index (Phi) is 5.49. The van der Waals surface area contributed by atoms with E-state index in [-0.39, 0.29) is 16.5 Å². The summed E-state index contributed by atoms with van der Waals surface area (Å²) in [5.74, 6) is -0.632. The highest BCUT2D eigenvalue weighted by molar-refractivity contribution is 7.22. The molecule has 3 aromatic rings. The van der Waals surface area contributed by atoms with Crippen LogP contribution in [0.1, 0.15) is 9.67 Å². The number of nitrogens with one attached hydrogen (secondary N) is 1. The minimum Gasteiger partial charge on any atom is -0.482 e. The van der Waals surface area contributed by atoms with Crippen LogP contribution in [-0.4, -0.2) is 23.7 Å². The van der Waals surface area contributed by atoms with Gasteiger partial charge >= 0.3 is 6.18 Å². The number of nitrogens with zero attached hydrogens (tertiary/aromatic N) is 1. The van der Waals surface area contributed by atoms with E-state index < -0.39 is 18.7 Å². The summed E-state index contributed by atoms with van der Waals surface area (Å²) in [7, 11) is 0. The molecular formula is C16H10ClF3N2O2S2. The topological polar surface area (TPSA) is 51.2 Å². The van der Waals surface area contributed by atoms with Crippen LogP contribution in [0.3, 0.4) is 0 Å². The summed E-state index contributed by atoms with van der Waals surface area (Å²) >= 11 is 8.54. The Labute approximate surface area is 159 Å². The molecule has 136 valence electrons. The predicted octanol–water partition coefficient (Wildman–Crippen LogP) is 5.72. The smallest absolute Gasteiger partial charge is 0.422 e. The molecule has 1 N–H and O–H groups in total. The Bertz CT molecular complexity index is 911. The maximum atomic E-state index is 12.4. The van der Waals surface area contributed by atoms with Crippen LogP contribution < -0.4 is 10.1 Å². The molecule has 0 atom stereocenters. The Morgan fingerprint density at radius 3 is 2.81 bits per heavy atom. The molecule has 0 aliphatic heterocycles. The van der Waals surface area contributed by atoms with Gasteiger partial charge in [0.15, 0.2) is 6.61 Å². The van der Waals surface area contributed by atoms with E-state index in [1.807, 2.05) is 17.5 Å². The molecule has 1 aromatic carbocycles. The highest BCUT2D eigenvalue weighted by Gasteiger charge is 2.29. The third-order valence-corrected chi connectivity index (χ3v) is 5.31. The van der Waals surface area contributed by atoms with E-state index >= 15 is 0 Å². The van der Waals surface area contributed by atoms with Crippen molar-refractivity contribution in [2.45, 2.75) is 6.18 Å². The number of anilines is 1. The molecule has 0 saturated carbocycles. The lowest BCUT2D eigenvalue weighted by atomic mass is 10.3. The number of hydrogen-bond acceptors (Lipinski definition) is 5. The third kappa shape index (κ3) is 4.75. The predicted molar refractivity (Wildman–Crippen MR) is 96.4 cm³/mol. The molecule has 3 rings (SSSR count). The van der Waals surface area contributed by atoms with Crippen LogP contribution in [0.5, 0.6) is 5.75 Å². The fraction of sp³-hybridized carbons (Fsp3) is 0.125. The molecular weight excluding hydrogens is 409 g/mol. The minimum absolute atomic E-state index is 0.0535. The van der Waals surface area contributed by atoms with Crippen molar-refractivity contribution in [3.8, 4) is 15.6 Å². The van der Waals surface area contributed by atoms with Gasteiger partial charge in [-0.2, -0.15) is 13.2 Å². The average Bonchev–Trinajstić information content (AvgIpc) is 3.24. The van der Waals surface area contributed by atoms with E-state index in [1.54, 1.807) is 0 Å². The number of alkyl halides is 3. The zero-order chi connectivity index (χ0) is 18.7. The Hall–Kier alpha value is -2.10. The Morgan fingerprint density at radius 1 is 1.31 bits per heavy atom. The van der Waals surface area contributed by atoms with Gasteiger partial charge in [-0.15, -0.1) is 22.7 Å². The molecule has 0 aliphatic rings. The zero-order valence-corrected chi connectivity index (χ0v) is 15.2. The van der Waals surface area contributed by atoms with Gasteiger partial charge in [0.25, 0.3) is 5.91 Å². The van der Waals surface area contributed by atoms with Crippen molar-refractivity contribution in [1.82, 2.24) is 4.98 Å². The molecule has 0 bridgehead atoms. The van der Waals surface area contributed by atoms with E-state index in [9.17, 15) is 18.0 Å². The number of carbonyl (C=O) groups excluding carboxylic acids is 1. The molecule has 10 heteroatoms. The number of amides is 1. The minimum atomic E-state index is -4.49. The zero-order valence-electron chi connectivity index (χ0n) is 12.8. The second-order valence-corrected chi connectivity index (χ2v) is 7.42. The maximum absolute atomic E-state index is 12.4. The number of thiazole rings is 1. The summed E-state index contributed by atoms with van der Waals surface area (Å²) in [5, 5.41) is 5.35. The highest BCUT2D eigenvalue weighted by Crippen LogP contribution is 2.32. The summed E-state index contributed by atoms with van der Waals surface area (Å²) in [6.45, 7) is -1.47. The molecule has 2 heterocycles. The first-order valence-corrected chi connectivity index (χ1v) is 9.19. The molecule has 0 unspecified atom stereocenters. The van der Waals surface area contributed by atoms with Crippen LogP contribution in [0.15, 0.2) is 41.9 Å². The number of thiophene rings is 1. The van der Waals surface area contributed by atoms with E-state index in [0.29, 0.717) is 9.88 Å². The molecule has 2 aromatic heterocycles.